The third-order valence-corrected chi connectivity index (χ3v) is 3.77. The van der Waals surface area contributed by atoms with Gasteiger partial charge in [-0.25, -0.2) is 0 Å². The first-order chi connectivity index (χ1) is 9.08. The molecule has 0 aliphatic carbocycles. The maximum atomic E-state index is 5.85. The van der Waals surface area contributed by atoms with Crippen molar-refractivity contribution in [3.05, 3.63) is 28.2 Å². The number of halogens is 1. The molecule has 0 aromatic heterocycles. The number of ether oxygens (including phenoxy) is 1. The largest absolute Gasteiger partial charge is 0.380 e. The quantitative estimate of drug-likeness (QED) is 0.745. The molecule has 0 heterocycles. The van der Waals surface area contributed by atoms with E-state index in [0.717, 1.165) is 37.2 Å². The van der Waals surface area contributed by atoms with Crippen LogP contribution in [0, 0.1) is 0 Å². The minimum Gasteiger partial charge on any atom is -0.380 e. The summed E-state index contributed by atoms with van der Waals surface area (Å²) in [5.41, 5.74) is 8.34. The van der Waals surface area contributed by atoms with Crippen LogP contribution in [0.5, 0.6) is 0 Å². The van der Waals surface area contributed by atoms with E-state index in [2.05, 4.69) is 46.0 Å². The van der Waals surface area contributed by atoms with E-state index in [9.17, 15) is 0 Å². The van der Waals surface area contributed by atoms with E-state index in [1.165, 1.54) is 11.3 Å². The fourth-order valence-electron chi connectivity index (χ4n) is 2.03. The molecule has 0 bridgehead atoms. The van der Waals surface area contributed by atoms with Crippen molar-refractivity contribution in [1.29, 1.82) is 0 Å². The molecule has 1 aromatic carbocycles. The molecule has 1 rings (SSSR count). The molecule has 0 saturated carbocycles. The van der Waals surface area contributed by atoms with Gasteiger partial charge in [0.15, 0.2) is 0 Å². The summed E-state index contributed by atoms with van der Waals surface area (Å²) in [5, 5.41) is 0. The van der Waals surface area contributed by atoms with E-state index in [-0.39, 0.29) is 6.04 Å². The summed E-state index contributed by atoms with van der Waals surface area (Å²) in [6, 6.07) is 6.68. The SMILES string of the molecule is CCOCCN(CC)c1ccc(CC(C)N)c(Br)c1. The van der Waals surface area contributed by atoms with Crippen molar-refractivity contribution >= 4 is 21.6 Å². The molecule has 2 N–H and O–H groups in total. The van der Waals surface area contributed by atoms with E-state index < -0.39 is 0 Å². The van der Waals surface area contributed by atoms with Crippen LogP contribution in [0.1, 0.15) is 26.3 Å². The number of rotatable bonds is 8. The van der Waals surface area contributed by atoms with Gasteiger partial charge in [0, 0.05) is 35.9 Å². The molecule has 0 radical (unpaired) electrons. The van der Waals surface area contributed by atoms with Gasteiger partial charge in [-0.05, 0) is 44.9 Å². The molecule has 19 heavy (non-hydrogen) atoms. The Labute approximate surface area is 125 Å². The van der Waals surface area contributed by atoms with E-state index in [1.807, 2.05) is 13.8 Å². The molecule has 0 saturated heterocycles. The van der Waals surface area contributed by atoms with Crippen molar-refractivity contribution in [1.82, 2.24) is 0 Å². The average molecular weight is 329 g/mol. The molecule has 1 atom stereocenters. The zero-order valence-electron chi connectivity index (χ0n) is 12.2. The molecule has 0 aliphatic rings. The molecule has 108 valence electrons. The third-order valence-electron chi connectivity index (χ3n) is 3.04. The van der Waals surface area contributed by atoms with Crippen LogP contribution in [0.4, 0.5) is 5.69 Å². The van der Waals surface area contributed by atoms with Crippen molar-refractivity contribution in [2.75, 3.05) is 31.2 Å². The summed E-state index contributed by atoms with van der Waals surface area (Å²) in [5.74, 6) is 0. The lowest BCUT2D eigenvalue weighted by Crippen LogP contribution is -2.27. The lowest BCUT2D eigenvalue weighted by atomic mass is 10.1. The van der Waals surface area contributed by atoms with Gasteiger partial charge in [-0.2, -0.15) is 0 Å². The zero-order valence-corrected chi connectivity index (χ0v) is 13.7. The summed E-state index contributed by atoms with van der Waals surface area (Å²) in [4.78, 5) is 2.32. The van der Waals surface area contributed by atoms with Crippen molar-refractivity contribution in [2.24, 2.45) is 5.73 Å². The van der Waals surface area contributed by atoms with Gasteiger partial charge in [-0.1, -0.05) is 22.0 Å². The highest BCUT2D eigenvalue weighted by Gasteiger charge is 2.08. The van der Waals surface area contributed by atoms with Crippen molar-refractivity contribution in [2.45, 2.75) is 33.2 Å². The van der Waals surface area contributed by atoms with Crippen molar-refractivity contribution < 1.29 is 4.74 Å². The maximum absolute atomic E-state index is 5.85. The lowest BCUT2D eigenvalue weighted by molar-refractivity contribution is 0.154. The number of anilines is 1. The van der Waals surface area contributed by atoms with Crippen molar-refractivity contribution in [3.63, 3.8) is 0 Å². The van der Waals surface area contributed by atoms with Gasteiger partial charge in [-0.3, -0.25) is 0 Å². The maximum Gasteiger partial charge on any atom is 0.0641 e. The fraction of sp³-hybridized carbons (Fsp3) is 0.600. The molecule has 0 aliphatic heterocycles. The Morgan fingerprint density at radius 2 is 2.11 bits per heavy atom. The fourth-order valence-corrected chi connectivity index (χ4v) is 2.56. The van der Waals surface area contributed by atoms with E-state index >= 15 is 0 Å². The normalized spacial score (nSPS) is 12.5. The Bertz CT molecular complexity index is 382. The predicted molar refractivity (Wildman–Crippen MR) is 85.9 cm³/mol. The molecular weight excluding hydrogens is 304 g/mol. The first-order valence-corrected chi connectivity index (χ1v) is 7.74. The van der Waals surface area contributed by atoms with Crippen LogP contribution in [0.2, 0.25) is 0 Å². The zero-order chi connectivity index (χ0) is 14.3. The number of nitrogens with zero attached hydrogens (tertiary/aromatic N) is 1. The van der Waals surface area contributed by atoms with E-state index in [4.69, 9.17) is 10.5 Å². The predicted octanol–water partition coefficient (Wildman–Crippen LogP) is 3.20. The molecule has 3 nitrogen and oxygen atoms in total. The number of hydrogen-bond acceptors (Lipinski definition) is 3. The molecule has 1 aromatic rings. The number of benzene rings is 1. The highest BCUT2D eigenvalue weighted by Crippen LogP contribution is 2.25. The van der Waals surface area contributed by atoms with Crippen LogP contribution in [0.15, 0.2) is 22.7 Å². The van der Waals surface area contributed by atoms with Gasteiger partial charge in [0.2, 0.25) is 0 Å². The topological polar surface area (TPSA) is 38.5 Å². The van der Waals surface area contributed by atoms with Gasteiger partial charge in [0.1, 0.15) is 0 Å². The summed E-state index contributed by atoms with van der Waals surface area (Å²) in [7, 11) is 0. The van der Waals surface area contributed by atoms with E-state index in [1.54, 1.807) is 0 Å². The second kappa shape index (κ2) is 8.56. The second-order valence-electron chi connectivity index (χ2n) is 4.73. The van der Waals surface area contributed by atoms with Gasteiger partial charge in [0.25, 0.3) is 0 Å². The Morgan fingerprint density at radius 1 is 1.37 bits per heavy atom. The van der Waals surface area contributed by atoms with Crippen LogP contribution < -0.4 is 10.6 Å². The van der Waals surface area contributed by atoms with Gasteiger partial charge in [0.05, 0.1) is 6.61 Å². The van der Waals surface area contributed by atoms with Crippen LogP contribution in [-0.2, 0) is 11.2 Å². The summed E-state index contributed by atoms with van der Waals surface area (Å²) in [6.07, 6.45) is 0.895. The monoisotopic (exact) mass is 328 g/mol. The Balaban J connectivity index is 2.73. The minimum atomic E-state index is 0.183. The van der Waals surface area contributed by atoms with Gasteiger partial charge < -0.3 is 15.4 Å². The van der Waals surface area contributed by atoms with Crippen molar-refractivity contribution in [3.8, 4) is 0 Å². The van der Waals surface area contributed by atoms with Crippen LogP contribution >= 0.6 is 15.9 Å². The Morgan fingerprint density at radius 3 is 2.63 bits per heavy atom. The first-order valence-electron chi connectivity index (χ1n) is 6.95. The number of hydrogen-bond donors (Lipinski definition) is 1. The molecule has 0 spiro atoms. The molecule has 4 heteroatoms. The highest BCUT2D eigenvalue weighted by molar-refractivity contribution is 9.10. The molecule has 0 fully saturated rings. The minimum absolute atomic E-state index is 0.183. The highest BCUT2D eigenvalue weighted by atomic mass is 79.9. The Hall–Kier alpha value is -0.580. The summed E-state index contributed by atoms with van der Waals surface area (Å²) in [6.45, 7) is 9.65. The summed E-state index contributed by atoms with van der Waals surface area (Å²) < 4.78 is 6.56. The third kappa shape index (κ3) is 5.51. The van der Waals surface area contributed by atoms with E-state index in [0.29, 0.717) is 0 Å². The summed E-state index contributed by atoms with van der Waals surface area (Å²) >= 11 is 3.64. The number of nitrogens with two attached hydrogens (primary N) is 1. The smallest absolute Gasteiger partial charge is 0.0641 e. The first kappa shape index (κ1) is 16.5. The number of likely N-dealkylation sites (N-methyl/N-ethyl adjacent to an activating group) is 1. The van der Waals surface area contributed by atoms with Gasteiger partial charge in [-0.15, -0.1) is 0 Å². The molecule has 1 unspecified atom stereocenters. The second-order valence-corrected chi connectivity index (χ2v) is 5.59. The van der Waals surface area contributed by atoms with Gasteiger partial charge >= 0.3 is 0 Å². The molecule has 0 amide bonds. The van der Waals surface area contributed by atoms with Crippen LogP contribution in [0.3, 0.4) is 0 Å². The Kier molecular flexibility index (Phi) is 7.42. The van der Waals surface area contributed by atoms with Crippen LogP contribution in [0.25, 0.3) is 0 Å². The molecular formula is C15H25BrN2O. The standard InChI is InChI=1S/C15H25BrN2O/c1-4-18(8-9-19-5-2)14-7-6-13(10-12(3)17)15(16)11-14/h6-7,11-12H,4-5,8-10,17H2,1-3H3. The lowest BCUT2D eigenvalue weighted by Gasteiger charge is -2.24. The average Bonchev–Trinajstić information content (AvgIpc) is 2.37. The van der Waals surface area contributed by atoms with Crippen LogP contribution in [-0.4, -0.2) is 32.3 Å².